The van der Waals surface area contributed by atoms with Gasteiger partial charge in [0.15, 0.2) is 17.5 Å². The number of benzene rings is 2. The van der Waals surface area contributed by atoms with Crippen LogP contribution in [0.15, 0.2) is 36.4 Å². The lowest BCUT2D eigenvalue weighted by atomic mass is 10.2. The van der Waals surface area contributed by atoms with E-state index >= 15 is 0 Å². The minimum absolute atomic E-state index is 0.124. The van der Waals surface area contributed by atoms with Crippen molar-refractivity contribution in [1.82, 2.24) is 0 Å². The Morgan fingerprint density at radius 3 is 2.06 bits per heavy atom. The monoisotopic (exact) mass is 253 g/mol. The molecule has 0 unspecified atom stereocenters. The Kier molecular flexibility index (Phi) is 3.41. The highest BCUT2D eigenvalue weighted by Gasteiger charge is 2.10. The van der Waals surface area contributed by atoms with E-state index in [-0.39, 0.29) is 12.3 Å². The number of anilines is 1. The molecular weight excluding hydrogens is 243 g/mol. The number of rotatable bonds is 3. The van der Waals surface area contributed by atoms with Gasteiger partial charge in [0.2, 0.25) is 0 Å². The normalized spacial score (nSPS) is 10.4. The number of phenols is 1. The van der Waals surface area contributed by atoms with Crippen molar-refractivity contribution in [2.75, 3.05) is 5.32 Å². The highest BCUT2D eigenvalue weighted by Crippen LogP contribution is 2.17. The Balaban J connectivity index is 2.08. The van der Waals surface area contributed by atoms with Gasteiger partial charge in [-0.25, -0.2) is 13.2 Å². The highest BCUT2D eigenvalue weighted by atomic mass is 19.2. The van der Waals surface area contributed by atoms with E-state index in [1.54, 1.807) is 12.1 Å². The molecule has 0 fully saturated rings. The zero-order valence-electron chi connectivity index (χ0n) is 9.25. The Morgan fingerprint density at radius 1 is 0.944 bits per heavy atom. The third kappa shape index (κ3) is 2.74. The molecule has 5 heteroatoms. The summed E-state index contributed by atoms with van der Waals surface area (Å²) in [5, 5.41) is 12.0. The number of nitrogens with one attached hydrogen (secondary N) is 1. The molecule has 94 valence electrons. The van der Waals surface area contributed by atoms with Gasteiger partial charge >= 0.3 is 0 Å². The second-order valence-corrected chi connectivity index (χ2v) is 3.77. The first kappa shape index (κ1) is 12.3. The van der Waals surface area contributed by atoms with Crippen molar-refractivity contribution in [3.63, 3.8) is 0 Å². The van der Waals surface area contributed by atoms with Gasteiger partial charge < -0.3 is 10.4 Å². The summed E-state index contributed by atoms with van der Waals surface area (Å²) >= 11 is 0. The summed E-state index contributed by atoms with van der Waals surface area (Å²) in [5.74, 6) is -3.77. The molecule has 0 radical (unpaired) electrons. The van der Waals surface area contributed by atoms with Crippen LogP contribution in [-0.4, -0.2) is 5.11 Å². The second-order valence-electron chi connectivity index (χ2n) is 3.77. The molecule has 2 aromatic carbocycles. The molecule has 2 nitrogen and oxygen atoms in total. The molecular formula is C13H10F3NO. The van der Waals surface area contributed by atoms with Crippen LogP contribution < -0.4 is 5.32 Å². The van der Waals surface area contributed by atoms with Crippen molar-refractivity contribution in [2.45, 2.75) is 6.54 Å². The molecule has 0 bridgehead atoms. The van der Waals surface area contributed by atoms with Gasteiger partial charge in [0.1, 0.15) is 5.75 Å². The molecule has 0 heterocycles. The van der Waals surface area contributed by atoms with E-state index < -0.39 is 17.5 Å². The van der Waals surface area contributed by atoms with Crippen LogP contribution in [0.3, 0.4) is 0 Å². The standard InChI is InChI=1S/C13H10F3NO/c14-11-5-8(6-12(15)13(11)16)7-17-9-1-3-10(18)4-2-9/h1-6,17-18H,7H2. The SMILES string of the molecule is Oc1ccc(NCc2cc(F)c(F)c(F)c2)cc1. The lowest BCUT2D eigenvalue weighted by Crippen LogP contribution is -2.02. The fourth-order valence-corrected chi connectivity index (χ4v) is 1.49. The van der Waals surface area contributed by atoms with E-state index in [0.29, 0.717) is 11.3 Å². The largest absolute Gasteiger partial charge is 0.508 e. The molecule has 0 spiro atoms. The van der Waals surface area contributed by atoms with Crippen molar-refractivity contribution in [2.24, 2.45) is 0 Å². The molecule has 0 saturated carbocycles. The summed E-state index contributed by atoms with van der Waals surface area (Å²) in [6, 6.07) is 8.07. The lowest BCUT2D eigenvalue weighted by Gasteiger charge is -2.07. The first-order valence-corrected chi connectivity index (χ1v) is 5.22. The Bertz CT molecular complexity index is 532. The fourth-order valence-electron chi connectivity index (χ4n) is 1.49. The first-order valence-electron chi connectivity index (χ1n) is 5.22. The van der Waals surface area contributed by atoms with Gasteiger partial charge in [0.25, 0.3) is 0 Å². The van der Waals surface area contributed by atoms with E-state index in [2.05, 4.69) is 5.32 Å². The van der Waals surface area contributed by atoms with Gasteiger partial charge in [-0.3, -0.25) is 0 Å². The third-order valence-corrected chi connectivity index (χ3v) is 2.41. The summed E-state index contributed by atoms with van der Waals surface area (Å²) in [4.78, 5) is 0. The Hall–Kier alpha value is -2.17. The maximum absolute atomic E-state index is 12.9. The maximum atomic E-state index is 12.9. The van der Waals surface area contributed by atoms with Crippen molar-refractivity contribution in [1.29, 1.82) is 0 Å². The van der Waals surface area contributed by atoms with Crippen LogP contribution in [0.2, 0.25) is 0 Å². The minimum Gasteiger partial charge on any atom is -0.508 e. The Morgan fingerprint density at radius 2 is 1.50 bits per heavy atom. The van der Waals surface area contributed by atoms with Gasteiger partial charge in [-0.2, -0.15) is 0 Å². The molecule has 0 amide bonds. The number of hydrogen-bond donors (Lipinski definition) is 2. The van der Waals surface area contributed by atoms with Crippen LogP contribution in [-0.2, 0) is 6.54 Å². The van der Waals surface area contributed by atoms with Crippen LogP contribution in [0.25, 0.3) is 0 Å². The molecule has 0 aliphatic heterocycles. The van der Waals surface area contributed by atoms with Crippen LogP contribution in [0, 0.1) is 17.5 Å². The summed E-state index contributed by atoms with van der Waals surface area (Å²) in [6.07, 6.45) is 0. The first-order chi connectivity index (χ1) is 8.56. The van der Waals surface area contributed by atoms with E-state index in [1.807, 2.05) is 0 Å². The predicted octanol–water partition coefficient (Wildman–Crippen LogP) is 3.42. The van der Waals surface area contributed by atoms with Gasteiger partial charge in [0, 0.05) is 12.2 Å². The third-order valence-electron chi connectivity index (χ3n) is 2.41. The van der Waals surface area contributed by atoms with E-state index in [4.69, 9.17) is 5.11 Å². The molecule has 0 atom stereocenters. The summed E-state index contributed by atoms with van der Waals surface area (Å²) in [5.41, 5.74) is 0.970. The molecule has 0 aromatic heterocycles. The zero-order chi connectivity index (χ0) is 13.1. The highest BCUT2D eigenvalue weighted by molar-refractivity contribution is 5.46. The zero-order valence-corrected chi connectivity index (χ0v) is 9.25. The molecule has 0 aliphatic rings. The fraction of sp³-hybridized carbons (Fsp3) is 0.0769. The van der Waals surface area contributed by atoms with Gasteiger partial charge in [-0.15, -0.1) is 0 Å². The van der Waals surface area contributed by atoms with Gasteiger partial charge in [0.05, 0.1) is 0 Å². The molecule has 2 aromatic rings. The van der Waals surface area contributed by atoms with Gasteiger partial charge in [-0.05, 0) is 42.0 Å². The molecule has 0 aliphatic carbocycles. The average molecular weight is 253 g/mol. The van der Waals surface area contributed by atoms with Crippen LogP contribution >= 0.6 is 0 Å². The smallest absolute Gasteiger partial charge is 0.194 e. The van der Waals surface area contributed by atoms with E-state index in [0.717, 1.165) is 12.1 Å². The average Bonchev–Trinajstić information content (AvgIpc) is 2.35. The quantitative estimate of drug-likeness (QED) is 0.649. The number of phenolic OH excluding ortho intramolecular Hbond substituents is 1. The van der Waals surface area contributed by atoms with Crippen LogP contribution in [0.5, 0.6) is 5.75 Å². The lowest BCUT2D eigenvalue weighted by molar-refractivity contribution is 0.445. The van der Waals surface area contributed by atoms with Crippen molar-refractivity contribution in [3.05, 3.63) is 59.4 Å². The molecule has 2 N–H and O–H groups in total. The molecule has 0 saturated heterocycles. The maximum Gasteiger partial charge on any atom is 0.194 e. The van der Waals surface area contributed by atoms with Gasteiger partial charge in [-0.1, -0.05) is 0 Å². The number of hydrogen-bond acceptors (Lipinski definition) is 2. The number of halogens is 3. The van der Waals surface area contributed by atoms with Crippen LogP contribution in [0.4, 0.5) is 18.9 Å². The summed E-state index contributed by atoms with van der Waals surface area (Å²) in [6.45, 7) is 0.152. The van der Waals surface area contributed by atoms with E-state index in [9.17, 15) is 13.2 Å². The van der Waals surface area contributed by atoms with Crippen molar-refractivity contribution in [3.8, 4) is 5.75 Å². The Labute approximate surface area is 102 Å². The predicted molar refractivity (Wildman–Crippen MR) is 61.7 cm³/mol. The number of aromatic hydroxyl groups is 1. The minimum atomic E-state index is -1.47. The topological polar surface area (TPSA) is 32.3 Å². The van der Waals surface area contributed by atoms with Crippen LogP contribution in [0.1, 0.15) is 5.56 Å². The molecule has 18 heavy (non-hydrogen) atoms. The van der Waals surface area contributed by atoms with Crippen molar-refractivity contribution >= 4 is 5.69 Å². The summed E-state index contributed by atoms with van der Waals surface area (Å²) < 4.78 is 38.6. The van der Waals surface area contributed by atoms with E-state index in [1.165, 1.54) is 12.1 Å². The van der Waals surface area contributed by atoms with Crippen molar-refractivity contribution < 1.29 is 18.3 Å². The second kappa shape index (κ2) is 5.00. The molecule has 2 rings (SSSR count). The summed E-state index contributed by atoms with van der Waals surface area (Å²) in [7, 11) is 0.